The largest absolute Gasteiger partial charge is 0.478 e. The normalized spacial score (nSPS) is 9.80. The molecule has 0 spiro atoms. The first kappa shape index (κ1) is 9.16. The molecule has 0 fully saturated rings. The minimum Gasteiger partial charge on any atom is -0.478 e. The summed E-state index contributed by atoms with van der Waals surface area (Å²) < 4.78 is 0. The van der Waals surface area contributed by atoms with Crippen LogP contribution >= 0.6 is 0 Å². The third-order valence-electron chi connectivity index (χ3n) is 2.11. The van der Waals surface area contributed by atoms with Gasteiger partial charge in [0.25, 0.3) is 0 Å². The van der Waals surface area contributed by atoms with Gasteiger partial charge in [-0.15, -0.1) is 0 Å². The van der Waals surface area contributed by atoms with Gasteiger partial charge in [0.2, 0.25) is 0 Å². The Morgan fingerprint density at radius 2 is 2.20 bits per heavy atom. The smallest absolute Gasteiger partial charge is 0.335 e. The van der Waals surface area contributed by atoms with E-state index in [-0.39, 0.29) is 5.56 Å². The molecule has 1 heterocycles. The Kier molecular flexibility index (Phi) is 2.07. The molecule has 72 valence electrons. The van der Waals surface area contributed by atoms with Gasteiger partial charge in [-0.1, -0.05) is 0 Å². The first-order valence-corrected chi connectivity index (χ1v) is 4.24. The van der Waals surface area contributed by atoms with Crippen molar-refractivity contribution in [2.24, 2.45) is 0 Å². The van der Waals surface area contributed by atoms with Gasteiger partial charge >= 0.3 is 5.97 Å². The number of carboxylic acid groups (broad SMARTS) is 1. The third-order valence-corrected chi connectivity index (χ3v) is 2.11. The molecule has 1 aromatic heterocycles. The number of aromatic carboxylic acids is 1. The molecule has 2 rings (SSSR count). The van der Waals surface area contributed by atoms with E-state index in [0.29, 0.717) is 16.5 Å². The number of benzene rings is 1. The predicted molar refractivity (Wildman–Crippen MR) is 53.4 cm³/mol. The molecule has 0 aliphatic rings. The lowest BCUT2D eigenvalue weighted by Crippen LogP contribution is -1.96. The first-order valence-electron chi connectivity index (χ1n) is 4.24. The second kappa shape index (κ2) is 3.39. The van der Waals surface area contributed by atoms with Crippen molar-refractivity contribution in [3.05, 3.63) is 41.6 Å². The summed E-state index contributed by atoms with van der Waals surface area (Å²) in [7, 11) is 0. The lowest BCUT2D eigenvalue weighted by atomic mass is 10.1. The van der Waals surface area contributed by atoms with Gasteiger partial charge in [-0.05, 0) is 24.3 Å². The van der Waals surface area contributed by atoms with Crippen molar-refractivity contribution in [2.75, 3.05) is 0 Å². The van der Waals surface area contributed by atoms with Crippen LogP contribution in [0.1, 0.15) is 15.9 Å². The molecule has 4 nitrogen and oxygen atoms in total. The molecule has 0 aliphatic carbocycles. The molecular formula is C11H6N2O2. The van der Waals surface area contributed by atoms with Crippen LogP contribution in [0.3, 0.4) is 0 Å². The highest BCUT2D eigenvalue weighted by atomic mass is 16.4. The molecular weight excluding hydrogens is 192 g/mol. The number of nitrogens with zero attached hydrogens (tertiary/aromatic N) is 2. The van der Waals surface area contributed by atoms with E-state index in [1.54, 1.807) is 12.1 Å². The average molecular weight is 198 g/mol. The van der Waals surface area contributed by atoms with Crippen LogP contribution in [0, 0.1) is 11.3 Å². The molecule has 0 unspecified atom stereocenters. The van der Waals surface area contributed by atoms with Crippen LogP contribution in [0.2, 0.25) is 0 Å². The SMILES string of the molecule is N#Cc1ccnc2ccc(C(=O)O)cc12. The van der Waals surface area contributed by atoms with Gasteiger partial charge in [-0.2, -0.15) is 5.26 Å². The van der Waals surface area contributed by atoms with Crippen molar-refractivity contribution in [3.63, 3.8) is 0 Å². The summed E-state index contributed by atoms with van der Waals surface area (Å²) in [5.74, 6) is -1.01. The summed E-state index contributed by atoms with van der Waals surface area (Å²) >= 11 is 0. The number of hydrogen-bond acceptors (Lipinski definition) is 3. The fourth-order valence-corrected chi connectivity index (χ4v) is 1.38. The number of rotatable bonds is 1. The van der Waals surface area contributed by atoms with Crippen molar-refractivity contribution < 1.29 is 9.90 Å². The second-order valence-corrected chi connectivity index (χ2v) is 3.01. The maximum atomic E-state index is 10.7. The zero-order chi connectivity index (χ0) is 10.8. The summed E-state index contributed by atoms with van der Waals surface area (Å²) in [6.45, 7) is 0. The highest BCUT2D eigenvalue weighted by Gasteiger charge is 2.06. The van der Waals surface area contributed by atoms with Crippen molar-refractivity contribution in [1.82, 2.24) is 4.98 Å². The van der Waals surface area contributed by atoms with Crippen LogP contribution in [0.5, 0.6) is 0 Å². The third kappa shape index (κ3) is 1.51. The summed E-state index contributed by atoms with van der Waals surface area (Å²) in [5.41, 5.74) is 1.22. The second-order valence-electron chi connectivity index (χ2n) is 3.01. The summed E-state index contributed by atoms with van der Waals surface area (Å²) in [6.07, 6.45) is 1.53. The van der Waals surface area contributed by atoms with E-state index in [4.69, 9.17) is 10.4 Å². The minimum atomic E-state index is -1.01. The molecule has 1 N–H and O–H groups in total. The van der Waals surface area contributed by atoms with Crippen LogP contribution < -0.4 is 0 Å². The molecule has 2 aromatic rings. The lowest BCUT2D eigenvalue weighted by Gasteiger charge is -2.00. The van der Waals surface area contributed by atoms with Gasteiger partial charge in [0, 0.05) is 11.6 Å². The zero-order valence-corrected chi connectivity index (χ0v) is 7.64. The highest BCUT2D eigenvalue weighted by Crippen LogP contribution is 2.17. The first-order chi connectivity index (χ1) is 7.22. The minimum absolute atomic E-state index is 0.159. The van der Waals surface area contributed by atoms with Gasteiger partial charge in [0.15, 0.2) is 0 Å². The van der Waals surface area contributed by atoms with E-state index < -0.39 is 5.97 Å². The molecule has 0 amide bonds. The van der Waals surface area contributed by atoms with Gasteiger partial charge in [0.1, 0.15) is 0 Å². The number of aromatic nitrogens is 1. The predicted octanol–water partition coefficient (Wildman–Crippen LogP) is 1.80. The fourth-order valence-electron chi connectivity index (χ4n) is 1.38. The van der Waals surface area contributed by atoms with Crippen LogP contribution in [0.15, 0.2) is 30.5 Å². The van der Waals surface area contributed by atoms with Gasteiger partial charge in [0.05, 0.1) is 22.7 Å². The molecule has 0 saturated carbocycles. The molecule has 0 aliphatic heterocycles. The number of carboxylic acids is 1. The van der Waals surface area contributed by atoms with Crippen LogP contribution in [0.4, 0.5) is 0 Å². The Hall–Kier alpha value is -2.41. The van der Waals surface area contributed by atoms with E-state index >= 15 is 0 Å². The van der Waals surface area contributed by atoms with E-state index in [0.717, 1.165) is 0 Å². The van der Waals surface area contributed by atoms with E-state index in [2.05, 4.69) is 4.98 Å². The number of pyridine rings is 1. The summed E-state index contributed by atoms with van der Waals surface area (Å²) in [5, 5.41) is 18.2. The molecule has 0 saturated heterocycles. The maximum absolute atomic E-state index is 10.7. The number of fused-ring (bicyclic) bond motifs is 1. The Morgan fingerprint density at radius 1 is 1.40 bits per heavy atom. The van der Waals surface area contributed by atoms with Crippen molar-refractivity contribution >= 4 is 16.9 Å². The van der Waals surface area contributed by atoms with Gasteiger partial charge in [-0.3, -0.25) is 4.98 Å². The highest BCUT2D eigenvalue weighted by molar-refractivity contribution is 5.95. The quantitative estimate of drug-likeness (QED) is 0.758. The average Bonchev–Trinajstić information content (AvgIpc) is 2.27. The Bertz CT molecular complexity index is 585. The van der Waals surface area contributed by atoms with Crippen molar-refractivity contribution in [2.45, 2.75) is 0 Å². The number of hydrogen-bond donors (Lipinski definition) is 1. The number of nitriles is 1. The van der Waals surface area contributed by atoms with Crippen molar-refractivity contribution in [3.8, 4) is 6.07 Å². The standard InChI is InChI=1S/C11H6N2O2/c12-6-8-3-4-13-10-2-1-7(11(14)15)5-9(8)10/h1-5H,(H,14,15). The van der Waals surface area contributed by atoms with Crippen LogP contribution in [-0.4, -0.2) is 16.1 Å². The van der Waals surface area contributed by atoms with Crippen molar-refractivity contribution in [1.29, 1.82) is 5.26 Å². The van der Waals surface area contributed by atoms with Crippen LogP contribution in [-0.2, 0) is 0 Å². The Morgan fingerprint density at radius 3 is 2.87 bits per heavy atom. The topological polar surface area (TPSA) is 74.0 Å². The van der Waals surface area contributed by atoms with Gasteiger partial charge in [-0.25, -0.2) is 4.79 Å². The molecule has 4 heteroatoms. The fraction of sp³-hybridized carbons (Fsp3) is 0. The zero-order valence-electron chi connectivity index (χ0n) is 7.64. The molecule has 0 bridgehead atoms. The monoisotopic (exact) mass is 198 g/mol. The molecule has 0 radical (unpaired) electrons. The molecule has 1 aromatic carbocycles. The number of carbonyl (C=O) groups is 1. The van der Waals surface area contributed by atoms with E-state index in [1.165, 1.54) is 18.3 Å². The van der Waals surface area contributed by atoms with Crippen LogP contribution in [0.25, 0.3) is 10.9 Å². The summed E-state index contributed by atoms with van der Waals surface area (Å²) in [4.78, 5) is 14.8. The van der Waals surface area contributed by atoms with E-state index in [1.807, 2.05) is 6.07 Å². The molecule has 0 atom stereocenters. The Balaban J connectivity index is 2.80. The molecule has 15 heavy (non-hydrogen) atoms. The Labute approximate surface area is 85.4 Å². The van der Waals surface area contributed by atoms with Gasteiger partial charge < -0.3 is 5.11 Å². The van der Waals surface area contributed by atoms with E-state index in [9.17, 15) is 4.79 Å². The summed E-state index contributed by atoms with van der Waals surface area (Å²) in [6, 6.07) is 8.10. The maximum Gasteiger partial charge on any atom is 0.335 e. The lowest BCUT2D eigenvalue weighted by molar-refractivity contribution is 0.0697.